The summed E-state index contributed by atoms with van der Waals surface area (Å²) in [4.78, 5) is 32.4. The normalized spacial score (nSPS) is 16.8. The van der Waals surface area contributed by atoms with Crippen LogP contribution in [0, 0.1) is 5.92 Å². The zero-order valence-corrected chi connectivity index (χ0v) is 14.6. The van der Waals surface area contributed by atoms with Crippen LogP contribution < -0.4 is 15.2 Å². The molecule has 0 saturated carbocycles. The Bertz CT molecular complexity index is 1060. The van der Waals surface area contributed by atoms with E-state index in [0.717, 1.165) is 5.69 Å². The molecule has 140 valence electrons. The number of hydrogen-bond acceptors (Lipinski definition) is 7. The van der Waals surface area contributed by atoms with Gasteiger partial charge in [0.05, 0.1) is 18.1 Å². The van der Waals surface area contributed by atoms with Gasteiger partial charge in [-0.05, 0) is 25.5 Å². The minimum Gasteiger partial charge on any atom is -0.493 e. The molecule has 10 heteroatoms. The zero-order chi connectivity index (χ0) is 19.0. The fraction of sp³-hybridized carbons (Fsp3) is 0.353. The quantitative estimate of drug-likeness (QED) is 0.605. The first-order chi connectivity index (χ1) is 13.1. The van der Waals surface area contributed by atoms with Crippen molar-refractivity contribution >= 4 is 22.8 Å². The van der Waals surface area contributed by atoms with Gasteiger partial charge in [-0.2, -0.15) is 0 Å². The number of aromatic amines is 2. The summed E-state index contributed by atoms with van der Waals surface area (Å²) in [6, 6.07) is 5.53. The molecule has 10 nitrogen and oxygen atoms in total. The van der Waals surface area contributed by atoms with Crippen molar-refractivity contribution in [3.8, 4) is 17.1 Å². The van der Waals surface area contributed by atoms with Gasteiger partial charge < -0.3 is 19.7 Å². The summed E-state index contributed by atoms with van der Waals surface area (Å²) in [5.74, 6) is -0.238. The molecule has 4 rings (SSSR count). The predicted molar refractivity (Wildman–Crippen MR) is 96.9 cm³/mol. The van der Waals surface area contributed by atoms with Gasteiger partial charge in [-0.25, -0.2) is 10.1 Å². The maximum absolute atomic E-state index is 12.2. The molecule has 0 bridgehead atoms. The number of H-pyrrole nitrogens is 2. The highest BCUT2D eigenvalue weighted by Crippen LogP contribution is 2.34. The van der Waals surface area contributed by atoms with Gasteiger partial charge in [-0.3, -0.25) is 9.59 Å². The van der Waals surface area contributed by atoms with Crippen LogP contribution in [0.3, 0.4) is 0 Å². The monoisotopic (exact) mass is 370 g/mol. The van der Waals surface area contributed by atoms with Crippen LogP contribution in [0.4, 0.5) is 5.69 Å². The van der Waals surface area contributed by atoms with Crippen LogP contribution in [0.2, 0.25) is 0 Å². The molecular formula is C17H18N6O4. The van der Waals surface area contributed by atoms with Gasteiger partial charge in [0.2, 0.25) is 0 Å². The topological polar surface area (TPSA) is 137 Å². The third-order valence-electron chi connectivity index (χ3n) is 4.62. The molecule has 0 amide bonds. The minimum absolute atomic E-state index is 0.144. The number of fused-ring (bicyclic) bond motifs is 1. The molecule has 1 saturated heterocycles. The molecule has 3 heterocycles. The fourth-order valence-electron chi connectivity index (χ4n) is 3.26. The first-order valence-electron chi connectivity index (χ1n) is 8.63. The number of carbonyl (C=O) groups is 1. The Morgan fingerprint density at radius 1 is 1.44 bits per heavy atom. The average molecular weight is 370 g/mol. The number of aromatic nitrogens is 5. The van der Waals surface area contributed by atoms with E-state index in [9.17, 15) is 14.7 Å². The smallest absolute Gasteiger partial charge is 0.308 e. The summed E-state index contributed by atoms with van der Waals surface area (Å²) in [6.45, 7) is 3.43. The average Bonchev–Trinajstić information content (AvgIpc) is 3.31. The van der Waals surface area contributed by atoms with Crippen molar-refractivity contribution < 1.29 is 14.6 Å². The standard InChI is InChI=1S/C17H18N6O4/c1-2-27-12-7-10(23-6-5-9(8-23)17(25)26)3-4-11(12)14-18-15-13(16(24)19-14)20-22-21-15/h3-4,7,9H,2,5-6,8H2,1H3,(H,25,26)(H2,18,19,20,21,22,24)/t9-/m0/s1. The predicted octanol–water partition coefficient (Wildman–Crippen LogP) is 1.02. The van der Waals surface area contributed by atoms with Crippen LogP contribution in [0.15, 0.2) is 23.0 Å². The van der Waals surface area contributed by atoms with Gasteiger partial charge in [0.25, 0.3) is 5.56 Å². The van der Waals surface area contributed by atoms with Crippen molar-refractivity contribution in [3.63, 3.8) is 0 Å². The number of carboxylic acids is 1. The van der Waals surface area contributed by atoms with Gasteiger partial charge >= 0.3 is 5.97 Å². The number of aliphatic carboxylic acids is 1. The lowest BCUT2D eigenvalue weighted by Gasteiger charge is -2.20. The maximum Gasteiger partial charge on any atom is 0.308 e. The summed E-state index contributed by atoms with van der Waals surface area (Å²) in [5.41, 5.74) is 1.55. The lowest BCUT2D eigenvalue weighted by Crippen LogP contribution is -2.22. The van der Waals surface area contributed by atoms with E-state index >= 15 is 0 Å². The summed E-state index contributed by atoms with van der Waals surface area (Å²) in [6.07, 6.45) is 0.611. The minimum atomic E-state index is -0.776. The molecule has 3 aromatic rings. The van der Waals surface area contributed by atoms with E-state index < -0.39 is 5.97 Å². The molecule has 27 heavy (non-hydrogen) atoms. The number of rotatable bonds is 5. The third kappa shape index (κ3) is 3.09. The molecule has 2 aromatic heterocycles. The number of nitrogens with one attached hydrogen (secondary N) is 2. The molecular weight excluding hydrogens is 352 g/mol. The van der Waals surface area contributed by atoms with Crippen LogP contribution in [-0.2, 0) is 4.79 Å². The molecule has 0 spiro atoms. The van der Waals surface area contributed by atoms with Crippen LogP contribution in [0.5, 0.6) is 5.75 Å². The highest BCUT2D eigenvalue weighted by molar-refractivity contribution is 5.75. The third-order valence-corrected chi connectivity index (χ3v) is 4.62. The summed E-state index contributed by atoms with van der Waals surface area (Å²) in [7, 11) is 0. The Labute approximate surface area is 153 Å². The number of anilines is 1. The fourth-order valence-corrected chi connectivity index (χ4v) is 3.26. The lowest BCUT2D eigenvalue weighted by atomic mass is 10.1. The maximum atomic E-state index is 12.2. The van der Waals surface area contributed by atoms with Crippen molar-refractivity contribution in [3.05, 3.63) is 28.6 Å². The number of hydrogen-bond donors (Lipinski definition) is 3. The van der Waals surface area contributed by atoms with E-state index in [1.54, 1.807) is 0 Å². The van der Waals surface area contributed by atoms with E-state index in [0.29, 0.717) is 48.9 Å². The first kappa shape index (κ1) is 17.0. The Balaban J connectivity index is 1.72. The molecule has 1 atom stereocenters. The van der Waals surface area contributed by atoms with Crippen molar-refractivity contribution in [1.29, 1.82) is 0 Å². The molecule has 0 unspecified atom stereocenters. The Morgan fingerprint density at radius 2 is 2.30 bits per heavy atom. The van der Waals surface area contributed by atoms with Gasteiger partial charge in [0, 0.05) is 24.8 Å². The number of benzene rings is 1. The molecule has 0 aliphatic carbocycles. The van der Waals surface area contributed by atoms with Gasteiger partial charge in [-0.15, -0.1) is 5.10 Å². The Kier molecular flexibility index (Phi) is 4.22. The van der Waals surface area contributed by atoms with Crippen molar-refractivity contribution in [2.45, 2.75) is 13.3 Å². The Hall–Kier alpha value is -3.43. The lowest BCUT2D eigenvalue weighted by molar-refractivity contribution is -0.140. The van der Waals surface area contributed by atoms with E-state index in [4.69, 9.17) is 4.74 Å². The second kappa shape index (κ2) is 6.71. The number of ether oxygens (including phenoxy) is 1. The highest BCUT2D eigenvalue weighted by Gasteiger charge is 2.28. The van der Waals surface area contributed by atoms with Gasteiger partial charge in [-0.1, -0.05) is 5.21 Å². The molecule has 1 fully saturated rings. The van der Waals surface area contributed by atoms with E-state index in [1.165, 1.54) is 0 Å². The molecule has 0 radical (unpaired) electrons. The Morgan fingerprint density at radius 3 is 3.04 bits per heavy atom. The van der Waals surface area contributed by atoms with Crippen LogP contribution in [0.25, 0.3) is 22.6 Å². The summed E-state index contributed by atoms with van der Waals surface area (Å²) < 4.78 is 5.75. The van der Waals surface area contributed by atoms with Crippen molar-refractivity contribution in [2.24, 2.45) is 5.92 Å². The SMILES string of the molecule is CCOc1cc(N2CC[C@H](C(=O)O)C2)ccc1-c1nc2[nH]nnc2c(=O)[nH]1. The highest BCUT2D eigenvalue weighted by atomic mass is 16.5. The van der Waals surface area contributed by atoms with E-state index in [2.05, 4.69) is 25.4 Å². The molecule has 1 aromatic carbocycles. The second-order valence-corrected chi connectivity index (χ2v) is 6.31. The van der Waals surface area contributed by atoms with Crippen LogP contribution in [-0.4, -0.2) is 56.2 Å². The van der Waals surface area contributed by atoms with Crippen LogP contribution >= 0.6 is 0 Å². The van der Waals surface area contributed by atoms with Crippen LogP contribution in [0.1, 0.15) is 13.3 Å². The van der Waals surface area contributed by atoms with Crippen molar-refractivity contribution in [1.82, 2.24) is 25.4 Å². The molecule has 3 N–H and O–H groups in total. The van der Waals surface area contributed by atoms with E-state index in [-0.39, 0.29) is 17.0 Å². The summed E-state index contributed by atoms with van der Waals surface area (Å²) >= 11 is 0. The van der Waals surface area contributed by atoms with Gasteiger partial charge in [0.1, 0.15) is 11.6 Å². The second-order valence-electron chi connectivity index (χ2n) is 6.31. The molecule has 1 aliphatic rings. The molecule has 1 aliphatic heterocycles. The first-order valence-corrected chi connectivity index (χ1v) is 8.63. The number of carboxylic acid groups (broad SMARTS) is 1. The largest absolute Gasteiger partial charge is 0.493 e. The zero-order valence-electron chi connectivity index (χ0n) is 14.6. The number of nitrogens with zero attached hydrogens (tertiary/aromatic N) is 4. The van der Waals surface area contributed by atoms with E-state index in [1.807, 2.05) is 30.0 Å². The van der Waals surface area contributed by atoms with Crippen molar-refractivity contribution in [2.75, 3.05) is 24.6 Å². The van der Waals surface area contributed by atoms with Gasteiger partial charge in [0.15, 0.2) is 11.2 Å². The summed E-state index contributed by atoms with van der Waals surface area (Å²) in [5, 5.41) is 19.1.